The van der Waals surface area contributed by atoms with E-state index in [0.717, 1.165) is 30.4 Å². The highest BCUT2D eigenvalue weighted by atomic mass is 16.7. The number of fused-ring (bicyclic) bond motifs is 1. The number of H-pyrrole nitrogens is 1. The molecule has 0 bridgehead atoms. The predicted molar refractivity (Wildman–Crippen MR) is 186 cm³/mol. The number of nitrogens with one attached hydrogen (secondary N) is 3. The molecule has 0 radical (unpaired) electrons. The van der Waals surface area contributed by atoms with Gasteiger partial charge in [-0.05, 0) is 80.5 Å². The third-order valence-corrected chi connectivity index (χ3v) is 7.74. The summed E-state index contributed by atoms with van der Waals surface area (Å²) in [5.41, 5.74) is 1.36. The number of benzene rings is 1. The Kier molecular flexibility index (Phi) is 13.3. The topological polar surface area (TPSA) is 188 Å². The monoisotopic (exact) mass is 691 g/mol. The van der Waals surface area contributed by atoms with E-state index < -0.39 is 34.9 Å². The molecule has 1 fully saturated rings. The normalized spacial score (nSPS) is 15.6. The van der Waals surface area contributed by atoms with E-state index in [1.807, 2.05) is 6.08 Å². The van der Waals surface area contributed by atoms with E-state index in [2.05, 4.69) is 25.6 Å². The van der Waals surface area contributed by atoms with Gasteiger partial charge in [0.25, 0.3) is 11.5 Å². The zero-order valence-corrected chi connectivity index (χ0v) is 29.1. The van der Waals surface area contributed by atoms with Crippen LogP contribution in [0.25, 0.3) is 22.7 Å². The minimum atomic E-state index is -1.03. The van der Waals surface area contributed by atoms with Crippen LogP contribution in [0.5, 0.6) is 0 Å². The summed E-state index contributed by atoms with van der Waals surface area (Å²) in [6.45, 7) is 9.71. The summed E-state index contributed by atoms with van der Waals surface area (Å²) < 4.78 is 21.9. The lowest BCUT2D eigenvalue weighted by Gasteiger charge is -2.23. The number of rotatable bonds is 14. The van der Waals surface area contributed by atoms with E-state index in [1.165, 1.54) is 0 Å². The molecule has 2 amide bonds. The summed E-state index contributed by atoms with van der Waals surface area (Å²) in [5.74, 6) is -1.92. The Morgan fingerprint density at radius 1 is 1.06 bits per heavy atom. The van der Waals surface area contributed by atoms with Gasteiger partial charge in [0.05, 0.1) is 25.2 Å². The molecule has 3 aromatic rings. The van der Waals surface area contributed by atoms with E-state index >= 15 is 0 Å². The molecule has 0 spiro atoms. The van der Waals surface area contributed by atoms with Crippen molar-refractivity contribution in [1.82, 2.24) is 20.3 Å². The molecular formula is C36H45N5O9. The Balaban J connectivity index is 1.58. The van der Waals surface area contributed by atoms with Crippen molar-refractivity contribution in [3.05, 3.63) is 63.6 Å². The number of pyridine rings is 1. The third-order valence-electron chi connectivity index (χ3n) is 7.74. The fraction of sp³-hybridized carbons (Fsp3) is 0.472. The van der Waals surface area contributed by atoms with E-state index in [1.54, 1.807) is 71.1 Å². The molecule has 3 N–H and O–H groups in total. The van der Waals surface area contributed by atoms with Crippen LogP contribution in [0, 0.1) is 5.41 Å². The number of carbonyl (C=O) groups excluding carboxylic acids is 4. The number of hydrogen-bond donors (Lipinski definition) is 3. The van der Waals surface area contributed by atoms with Crippen LogP contribution >= 0.6 is 0 Å². The van der Waals surface area contributed by atoms with Crippen molar-refractivity contribution in [2.24, 2.45) is 5.41 Å². The average molecular weight is 692 g/mol. The predicted octanol–water partition coefficient (Wildman–Crippen LogP) is 4.39. The van der Waals surface area contributed by atoms with Crippen molar-refractivity contribution in [3.8, 4) is 0 Å². The summed E-state index contributed by atoms with van der Waals surface area (Å²) in [6.07, 6.45) is 5.71. The first-order chi connectivity index (χ1) is 23.9. The maximum absolute atomic E-state index is 13.2. The molecule has 0 saturated carbocycles. The van der Waals surface area contributed by atoms with Gasteiger partial charge in [0, 0.05) is 30.2 Å². The van der Waals surface area contributed by atoms with Gasteiger partial charge in [0.2, 0.25) is 11.9 Å². The summed E-state index contributed by atoms with van der Waals surface area (Å²) >= 11 is 0. The molecule has 1 unspecified atom stereocenters. The molecule has 1 aliphatic rings. The number of anilines is 1. The molecule has 2 atom stereocenters. The number of ether oxygens (including phenoxy) is 4. The molecule has 14 heteroatoms. The smallest absolute Gasteiger partial charge is 0.328 e. The molecule has 1 aromatic carbocycles. The van der Waals surface area contributed by atoms with Crippen LogP contribution in [0.3, 0.4) is 0 Å². The van der Waals surface area contributed by atoms with Crippen molar-refractivity contribution < 1.29 is 38.1 Å². The number of aromatic amines is 1. The second-order valence-corrected chi connectivity index (χ2v) is 12.7. The highest BCUT2D eigenvalue weighted by Gasteiger charge is 2.25. The number of carbonyl (C=O) groups is 4. The first kappa shape index (κ1) is 37.9. The maximum Gasteiger partial charge on any atom is 0.328 e. The molecule has 4 rings (SSSR count). The van der Waals surface area contributed by atoms with Gasteiger partial charge in [0.1, 0.15) is 6.04 Å². The van der Waals surface area contributed by atoms with E-state index in [0.29, 0.717) is 12.2 Å². The lowest BCUT2D eigenvalue weighted by molar-refractivity contribution is -0.154. The number of nitrogens with zero attached hydrogens (tertiary/aromatic N) is 2. The lowest BCUT2D eigenvalue weighted by atomic mass is 9.96. The fourth-order valence-electron chi connectivity index (χ4n) is 4.97. The third kappa shape index (κ3) is 10.8. The number of aromatic nitrogens is 3. The van der Waals surface area contributed by atoms with E-state index in [9.17, 15) is 24.0 Å². The SMILES string of the molecule is CCOC(=O)CC[C@H](NC(=O)c1ccc(/C(=C/c2cnc3nc(NC(=O)C(C)(C)C)[nH]c(=O)c3c2)COC2CCCCO2)cc1)C(=O)OCC. The first-order valence-electron chi connectivity index (χ1n) is 16.8. The minimum absolute atomic E-state index is 0.0106. The first-order valence-corrected chi connectivity index (χ1v) is 16.8. The van der Waals surface area contributed by atoms with Crippen LogP contribution < -0.4 is 16.2 Å². The fourth-order valence-corrected chi connectivity index (χ4v) is 4.97. The highest BCUT2D eigenvalue weighted by Crippen LogP contribution is 2.24. The van der Waals surface area contributed by atoms with Crippen LogP contribution in [-0.4, -0.2) is 77.5 Å². The van der Waals surface area contributed by atoms with Gasteiger partial charge in [-0.25, -0.2) is 9.78 Å². The Bertz CT molecular complexity index is 1760. The van der Waals surface area contributed by atoms with Gasteiger partial charge in [-0.3, -0.25) is 29.5 Å². The van der Waals surface area contributed by atoms with Crippen molar-refractivity contribution in [3.63, 3.8) is 0 Å². The van der Waals surface area contributed by atoms with Crippen LogP contribution in [0.2, 0.25) is 0 Å². The summed E-state index contributed by atoms with van der Waals surface area (Å²) in [6, 6.07) is 7.34. The highest BCUT2D eigenvalue weighted by molar-refractivity contribution is 5.97. The molecule has 1 saturated heterocycles. The van der Waals surface area contributed by atoms with E-state index in [4.69, 9.17) is 18.9 Å². The van der Waals surface area contributed by atoms with Gasteiger partial charge in [-0.1, -0.05) is 32.9 Å². The second-order valence-electron chi connectivity index (χ2n) is 12.7. The van der Waals surface area contributed by atoms with Crippen LogP contribution in [0.1, 0.15) is 88.2 Å². The molecular weight excluding hydrogens is 646 g/mol. The lowest BCUT2D eigenvalue weighted by Crippen LogP contribution is -2.42. The van der Waals surface area contributed by atoms with Crippen LogP contribution in [-0.2, 0) is 33.3 Å². The zero-order valence-electron chi connectivity index (χ0n) is 29.1. The Morgan fingerprint density at radius 2 is 1.78 bits per heavy atom. The molecule has 50 heavy (non-hydrogen) atoms. The molecule has 14 nitrogen and oxygen atoms in total. The average Bonchev–Trinajstić information content (AvgIpc) is 3.09. The van der Waals surface area contributed by atoms with Gasteiger partial charge in [-0.2, -0.15) is 4.98 Å². The maximum atomic E-state index is 13.2. The number of esters is 2. The van der Waals surface area contributed by atoms with Gasteiger partial charge in [0.15, 0.2) is 11.9 Å². The molecule has 0 aliphatic carbocycles. The molecule has 2 aromatic heterocycles. The molecule has 3 heterocycles. The summed E-state index contributed by atoms with van der Waals surface area (Å²) in [5, 5.41) is 5.52. The number of amides is 2. The van der Waals surface area contributed by atoms with Gasteiger partial charge >= 0.3 is 11.9 Å². The van der Waals surface area contributed by atoms with Crippen molar-refractivity contribution in [1.29, 1.82) is 0 Å². The minimum Gasteiger partial charge on any atom is -0.466 e. The van der Waals surface area contributed by atoms with Crippen LogP contribution in [0.4, 0.5) is 5.95 Å². The summed E-state index contributed by atoms with van der Waals surface area (Å²) in [7, 11) is 0. The Labute approximate surface area is 290 Å². The summed E-state index contributed by atoms with van der Waals surface area (Å²) in [4.78, 5) is 74.3. The molecule has 1 aliphatic heterocycles. The number of hydrogen-bond acceptors (Lipinski definition) is 11. The van der Waals surface area contributed by atoms with Crippen molar-refractivity contribution >= 4 is 52.4 Å². The molecule has 268 valence electrons. The zero-order chi connectivity index (χ0) is 36.3. The van der Waals surface area contributed by atoms with Gasteiger partial charge in [-0.15, -0.1) is 0 Å². The second kappa shape index (κ2) is 17.6. The van der Waals surface area contributed by atoms with Crippen molar-refractivity contribution in [2.75, 3.05) is 31.7 Å². The quantitative estimate of drug-likeness (QED) is 0.204. The Morgan fingerprint density at radius 3 is 2.44 bits per heavy atom. The van der Waals surface area contributed by atoms with Gasteiger partial charge < -0.3 is 24.3 Å². The Hall–Kier alpha value is -4.95. The van der Waals surface area contributed by atoms with Crippen LogP contribution in [0.15, 0.2) is 41.3 Å². The standard InChI is InChI=1S/C36H45N5O9/c1-6-47-28(42)16-15-27(33(45)48-7-2)38-31(43)24-13-11-23(12-14-24)25(21-50-29-10-8-9-17-49-29)18-22-19-26-30(37-20-22)39-35(40-32(26)44)41-34(46)36(3,4)5/h11-14,18-20,27,29H,6-10,15-17,21H2,1-5H3,(H,38,43)(H2,37,39,40,41,44,46)/b25-18+/t27-,29?/m0/s1. The van der Waals surface area contributed by atoms with E-state index in [-0.39, 0.29) is 67.4 Å². The largest absolute Gasteiger partial charge is 0.466 e. The van der Waals surface area contributed by atoms with Crippen molar-refractivity contribution in [2.45, 2.75) is 79.1 Å².